The summed E-state index contributed by atoms with van der Waals surface area (Å²) in [4.78, 5) is 12.4. The smallest absolute Gasteiger partial charge is 0.237 e. The first-order chi connectivity index (χ1) is 12.1. The third-order valence-electron chi connectivity index (χ3n) is 5.25. The Labute approximate surface area is 148 Å². The first-order valence-electron chi connectivity index (χ1n) is 8.92. The molecule has 132 valence electrons. The second-order valence-corrected chi connectivity index (χ2v) is 7.01. The van der Waals surface area contributed by atoms with Crippen molar-refractivity contribution in [1.82, 2.24) is 5.32 Å². The second kappa shape index (κ2) is 7.79. The summed E-state index contributed by atoms with van der Waals surface area (Å²) in [6.07, 6.45) is 4.79. The SMILES string of the molecule is N[C@@H](Cc1ccccc1)C(=O)NCC1(c2ccc(F)cc2)CCCC1. The molecule has 1 aliphatic carbocycles. The number of carbonyl (C=O) groups is 1. The van der Waals surface area contributed by atoms with Crippen molar-refractivity contribution in [3.05, 3.63) is 71.5 Å². The fourth-order valence-electron chi connectivity index (χ4n) is 3.77. The van der Waals surface area contributed by atoms with Crippen molar-refractivity contribution in [2.45, 2.75) is 43.6 Å². The summed E-state index contributed by atoms with van der Waals surface area (Å²) in [6, 6.07) is 15.9. The van der Waals surface area contributed by atoms with Gasteiger partial charge in [0.1, 0.15) is 5.82 Å². The molecule has 0 bridgehead atoms. The van der Waals surface area contributed by atoms with Gasteiger partial charge in [-0.25, -0.2) is 4.39 Å². The molecule has 0 spiro atoms. The van der Waals surface area contributed by atoms with Gasteiger partial charge >= 0.3 is 0 Å². The molecule has 2 aromatic rings. The zero-order valence-corrected chi connectivity index (χ0v) is 14.4. The number of halogens is 1. The Balaban J connectivity index is 1.63. The van der Waals surface area contributed by atoms with Crippen molar-refractivity contribution in [2.24, 2.45) is 5.73 Å². The predicted molar refractivity (Wildman–Crippen MR) is 97.7 cm³/mol. The van der Waals surface area contributed by atoms with E-state index in [1.54, 1.807) is 0 Å². The maximum absolute atomic E-state index is 13.2. The number of hydrogen-bond acceptors (Lipinski definition) is 2. The van der Waals surface area contributed by atoms with E-state index in [4.69, 9.17) is 5.73 Å². The van der Waals surface area contributed by atoms with Crippen molar-refractivity contribution in [2.75, 3.05) is 6.54 Å². The van der Waals surface area contributed by atoms with Gasteiger partial charge in [0.25, 0.3) is 0 Å². The van der Waals surface area contributed by atoms with Crippen LogP contribution in [0.2, 0.25) is 0 Å². The van der Waals surface area contributed by atoms with E-state index in [1.807, 2.05) is 42.5 Å². The Morgan fingerprint density at radius 2 is 1.72 bits per heavy atom. The molecule has 1 fully saturated rings. The van der Waals surface area contributed by atoms with Crippen LogP contribution in [-0.4, -0.2) is 18.5 Å². The minimum atomic E-state index is -0.561. The fraction of sp³-hybridized carbons (Fsp3) is 0.381. The third-order valence-corrected chi connectivity index (χ3v) is 5.25. The molecular weight excluding hydrogens is 315 g/mol. The Morgan fingerprint density at radius 1 is 1.08 bits per heavy atom. The van der Waals surface area contributed by atoms with Crippen LogP contribution in [0, 0.1) is 5.82 Å². The highest BCUT2D eigenvalue weighted by atomic mass is 19.1. The molecule has 3 rings (SSSR count). The van der Waals surface area contributed by atoms with E-state index in [0.717, 1.165) is 36.8 Å². The summed E-state index contributed by atoms with van der Waals surface area (Å²) in [5, 5.41) is 3.04. The lowest BCUT2D eigenvalue weighted by Crippen LogP contribution is -2.47. The zero-order chi connectivity index (χ0) is 17.7. The minimum Gasteiger partial charge on any atom is -0.354 e. The van der Waals surface area contributed by atoms with Crippen LogP contribution in [0.1, 0.15) is 36.8 Å². The minimum absolute atomic E-state index is 0.101. The largest absolute Gasteiger partial charge is 0.354 e. The molecule has 0 heterocycles. The highest BCUT2D eigenvalue weighted by molar-refractivity contribution is 5.81. The maximum atomic E-state index is 13.2. The zero-order valence-electron chi connectivity index (χ0n) is 14.4. The summed E-state index contributed by atoms with van der Waals surface area (Å²) in [5.41, 5.74) is 8.13. The number of nitrogens with one attached hydrogen (secondary N) is 1. The van der Waals surface area contributed by atoms with Crippen LogP contribution in [0.4, 0.5) is 4.39 Å². The summed E-state index contributed by atoms with van der Waals surface area (Å²) >= 11 is 0. The Bertz CT molecular complexity index is 694. The normalized spacial score (nSPS) is 17.2. The molecule has 0 radical (unpaired) electrons. The lowest BCUT2D eigenvalue weighted by molar-refractivity contribution is -0.122. The van der Waals surface area contributed by atoms with E-state index in [1.165, 1.54) is 12.1 Å². The number of nitrogens with two attached hydrogens (primary N) is 1. The van der Waals surface area contributed by atoms with E-state index in [2.05, 4.69) is 5.32 Å². The number of carbonyl (C=O) groups excluding carboxylic acids is 1. The first kappa shape index (κ1) is 17.6. The van der Waals surface area contributed by atoms with E-state index >= 15 is 0 Å². The molecule has 0 saturated heterocycles. The van der Waals surface area contributed by atoms with E-state index < -0.39 is 6.04 Å². The van der Waals surface area contributed by atoms with Crippen LogP contribution in [0.15, 0.2) is 54.6 Å². The Kier molecular flexibility index (Phi) is 5.49. The van der Waals surface area contributed by atoms with Crippen LogP contribution >= 0.6 is 0 Å². The maximum Gasteiger partial charge on any atom is 0.237 e. The molecule has 1 aliphatic rings. The summed E-state index contributed by atoms with van der Waals surface area (Å²) in [5.74, 6) is -0.358. The van der Waals surface area contributed by atoms with Crippen LogP contribution in [0.5, 0.6) is 0 Å². The molecule has 1 amide bonds. The predicted octanol–water partition coefficient (Wildman–Crippen LogP) is 3.32. The van der Waals surface area contributed by atoms with Gasteiger partial charge in [-0.2, -0.15) is 0 Å². The van der Waals surface area contributed by atoms with Crippen molar-refractivity contribution in [3.63, 3.8) is 0 Å². The van der Waals surface area contributed by atoms with Gasteiger partial charge in [0.2, 0.25) is 5.91 Å². The van der Waals surface area contributed by atoms with Gasteiger partial charge in [0, 0.05) is 12.0 Å². The van der Waals surface area contributed by atoms with Gasteiger partial charge in [-0.3, -0.25) is 4.79 Å². The monoisotopic (exact) mass is 340 g/mol. The van der Waals surface area contributed by atoms with Crippen molar-refractivity contribution >= 4 is 5.91 Å². The molecular formula is C21H25FN2O. The van der Waals surface area contributed by atoms with Gasteiger partial charge in [0.15, 0.2) is 0 Å². The van der Waals surface area contributed by atoms with Gasteiger partial charge in [-0.05, 0) is 42.5 Å². The topological polar surface area (TPSA) is 55.1 Å². The standard InChI is InChI=1S/C21H25FN2O/c22-18-10-8-17(9-11-18)21(12-4-5-13-21)15-24-20(25)19(23)14-16-6-2-1-3-7-16/h1-3,6-11,19H,4-5,12-15,23H2,(H,24,25)/t19-/m0/s1. The third kappa shape index (κ3) is 4.26. The molecule has 1 atom stereocenters. The first-order valence-corrected chi connectivity index (χ1v) is 8.92. The number of benzene rings is 2. The van der Waals surface area contributed by atoms with E-state index in [9.17, 15) is 9.18 Å². The van der Waals surface area contributed by atoms with Crippen molar-refractivity contribution in [1.29, 1.82) is 0 Å². The summed E-state index contributed by atoms with van der Waals surface area (Å²) in [6.45, 7) is 0.556. The fourth-order valence-corrected chi connectivity index (χ4v) is 3.77. The highest BCUT2D eigenvalue weighted by Gasteiger charge is 2.36. The highest BCUT2D eigenvalue weighted by Crippen LogP contribution is 2.40. The average molecular weight is 340 g/mol. The van der Waals surface area contributed by atoms with E-state index in [-0.39, 0.29) is 17.1 Å². The van der Waals surface area contributed by atoms with Crippen LogP contribution in [0.3, 0.4) is 0 Å². The van der Waals surface area contributed by atoms with Gasteiger partial charge in [0.05, 0.1) is 6.04 Å². The van der Waals surface area contributed by atoms with Crippen LogP contribution in [-0.2, 0) is 16.6 Å². The lowest BCUT2D eigenvalue weighted by atomic mass is 9.78. The lowest BCUT2D eigenvalue weighted by Gasteiger charge is -2.30. The Hall–Kier alpha value is -2.20. The molecule has 0 unspecified atom stereocenters. The quantitative estimate of drug-likeness (QED) is 0.847. The number of hydrogen-bond donors (Lipinski definition) is 2. The molecule has 25 heavy (non-hydrogen) atoms. The van der Waals surface area contributed by atoms with Crippen molar-refractivity contribution in [3.8, 4) is 0 Å². The van der Waals surface area contributed by atoms with Crippen LogP contribution < -0.4 is 11.1 Å². The number of rotatable bonds is 6. The van der Waals surface area contributed by atoms with Crippen molar-refractivity contribution < 1.29 is 9.18 Å². The molecule has 3 nitrogen and oxygen atoms in total. The van der Waals surface area contributed by atoms with Gasteiger partial charge < -0.3 is 11.1 Å². The second-order valence-electron chi connectivity index (χ2n) is 7.01. The Morgan fingerprint density at radius 3 is 2.36 bits per heavy atom. The summed E-state index contributed by atoms with van der Waals surface area (Å²) < 4.78 is 13.2. The molecule has 0 aliphatic heterocycles. The molecule has 3 N–H and O–H groups in total. The van der Waals surface area contributed by atoms with E-state index in [0.29, 0.717) is 13.0 Å². The molecule has 1 saturated carbocycles. The summed E-state index contributed by atoms with van der Waals surface area (Å²) in [7, 11) is 0. The van der Waals surface area contributed by atoms with Gasteiger partial charge in [-0.15, -0.1) is 0 Å². The average Bonchev–Trinajstić information content (AvgIpc) is 3.11. The molecule has 4 heteroatoms. The molecule has 2 aromatic carbocycles. The van der Waals surface area contributed by atoms with Crippen LogP contribution in [0.25, 0.3) is 0 Å². The van der Waals surface area contributed by atoms with Gasteiger partial charge in [-0.1, -0.05) is 55.3 Å². The number of amides is 1. The molecule has 0 aromatic heterocycles.